The van der Waals surface area contributed by atoms with Gasteiger partial charge in [-0.3, -0.25) is 9.89 Å². The number of hydrogen-bond acceptors (Lipinski definition) is 5. The Morgan fingerprint density at radius 2 is 2.13 bits per heavy atom. The van der Waals surface area contributed by atoms with E-state index in [1.807, 2.05) is 50.2 Å². The topological polar surface area (TPSA) is 71.3 Å². The first-order valence-corrected chi connectivity index (χ1v) is 11.4. The molecule has 31 heavy (non-hydrogen) atoms. The van der Waals surface area contributed by atoms with Crippen LogP contribution in [0.1, 0.15) is 32.4 Å². The van der Waals surface area contributed by atoms with Crippen molar-refractivity contribution < 1.29 is 13.9 Å². The Hall–Kier alpha value is -2.51. The second kappa shape index (κ2) is 10.7. The molecule has 1 aromatic heterocycles. The van der Waals surface area contributed by atoms with E-state index in [-0.39, 0.29) is 12.2 Å². The van der Waals surface area contributed by atoms with Gasteiger partial charge >= 0.3 is 0 Å². The molecule has 168 valence electrons. The van der Waals surface area contributed by atoms with Crippen LogP contribution in [0.25, 0.3) is 0 Å². The third-order valence-electron chi connectivity index (χ3n) is 5.65. The fraction of sp³-hybridized carbons (Fsp3) is 0.542. The second-order valence-electron chi connectivity index (χ2n) is 8.51. The Kier molecular flexibility index (Phi) is 7.48. The van der Waals surface area contributed by atoms with E-state index in [1.165, 1.54) is 19.4 Å². The first kappa shape index (κ1) is 21.7. The second-order valence-corrected chi connectivity index (χ2v) is 8.51. The molecule has 7 heteroatoms. The van der Waals surface area contributed by atoms with Gasteiger partial charge in [0.1, 0.15) is 11.5 Å². The largest absolute Gasteiger partial charge is 0.491 e. The predicted octanol–water partition coefficient (Wildman–Crippen LogP) is 3.53. The third kappa shape index (κ3) is 6.48. The number of morpholine rings is 1. The standard InChI is InChI=1S/C24H34N4O3/c1-18(2)31-22-9-7-19(8-10-22)27-24(25-12-11-21-6-4-14-29-21)26-15-23-16-28-13-3-5-20(28)17-30-23/h4,6-10,14,18,20,23H,3,5,11-13,15-17H2,1-2H3,(H2,25,26,27). The van der Waals surface area contributed by atoms with Crippen LogP contribution in [0.15, 0.2) is 52.1 Å². The first-order chi connectivity index (χ1) is 15.2. The normalized spacial score (nSPS) is 21.8. The molecule has 2 unspecified atom stereocenters. The zero-order valence-corrected chi connectivity index (χ0v) is 18.5. The van der Waals surface area contributed by atoms with Crippen LogP contribution < -0.4 is 15.4 Å². The smallest absolute Gasteiger partial charge is 0.195 e. The molecule has 1 aromatic carbocycles. The van der Waals surface area contributed by atoms with Crippen molar-refractivity contribution in [3.63, 3.8) is 0 Å². The van der Waals surface area contributed by atoms with Crippen LogP contribution in [0.3, 0.4) is 0 Å². The van der Waals surface area contributed by atoms with Crippen LogP contribution >= 0.6 is 0 Å². The van der Waals surface area contributed by atoms with Gasteiger partial charge < -0.3 is 24.5 Å². The van der Waals surface area contributed by atoms with E-state index in [0.717, 1.165) is 49.3 Å². The Balaban J connectivity index is 1.36. The van der Waals surface area contributed by atoms with Gasteiger partial charge in [0.05, 0.1) is 31.6 Å². The van der Waals surface area contributed by atoms with Gasteiger partial charge in [0.15, 0.2) is 5.96 Å². The van der Waals surface area contributed by atoms with Gasteiger partial charge in [-0.2, -0.15) is 0 Å². The molecule has 0 spiro atoms. The number of benzene rings is 1. The summed E-state index contributed by atoms with van der Waals surface area (Å²) in [5.41, 5.74) is 0.963. The summed E-state index contributed by atoms with van der Waals surface area (Å²) in [6, 6.07) is 12.5. The number of guanidine groups is 1. The van der Waals surface area contributed by atoms with Crippen LogP contribution in [0, 0.1) is 0 Å². The maximum absolute atomic E-state index is 6.07. The summed E-state index contributed by atoms with van der Waals surface area (Å²) >= 11 is 0. The number of ether oxygens (including phenoxy) is 2. The zero-order valence-electron chi connectivity index (χ0n) is 18.5. The highest BCUT2D eigenvalue weighted by Gasteiger charge is 2.32. The van der Waals surface area contributed by atoms with Gasteiger partial charge in [0.2, 0.25) is 0 Å². The summed E-state index contributed by atoms with van der Waals surface area (Å²) in [6.07, 6.45) is 5.33. The Bertz CT molecular complexity index is 820. The Labute approximate surface area is 184 Å². The molecule has 2 atom stereocenters. The van der Waals surface area contributed by atoms with Gasteiger partial charge in [0, 0.05) is 31.2 Å². The molecule has 0 aliphatic carbocycles. The maximum Gasteiger partial charge on any atom is 0.195 e. The molecule has 2 aromatic rings. The van der Waals surface area contributed by atoms with E-state index in [9.17, 15) is 0 Å². The summed E-state index contributed by atoms with van der Waals surface area (Å²) in [6.45, 7) is 8.39. The molecule has 0 saturated carbocycles. The van der Waals surface area contributed by atoms with E-state index in [1.54, 1.807) is 6.26 Å². The van der Waals surface area contributed by atoms with Crippen molar-refractivity contribution in [2.75, 3.05) is 38.1 Å². The maximum atomic E-state index is 6.07. The molecule has 2 N–H and O–H groups in total. The molecule has 3 heterocycles. The predicted molar refractivity (Wildman–Crippen MR) is 123 cm³/mol. The van der Waals surface area contributed by atoms with Crippen molar-refractivity contribution in [1.82, 2.24) is 10.2 Å². The minimum absolute atomic E-state index is 0.139. The van der Waals surface area contributed by atoms with Crippen molar-refractivity contribution in [2.45, 2.75) is 51.4 Å². The lowest BCUT2D eigenvalue weighted by Gasteiger charge is -2.34. The molecule has 2 fully saturated rings. The summed E-state index contributed by atoms with van der Waals surface area (Å²) < 4.78 is 17.2. The number of nitrogens with one attached hydrogen (secondary N) is 2. The lowest BCUT2D eigenvalue weighted by Crippen LogP contribution is -2.47. The molecule has 2 saturated heterocycles. The van der Waals surface area contributed by atoms with Crippen molar-refractivity contribution in [3.05, 3.63) is 48.4 Å². The van der Waals surface area contributed by atoms with Crippen LogP contribution in [0.2, 0.25) is 0 Å². The van der Waals surface area contributed by atoms with Gasteiger partial charge in [-0.1, -0.05) is 0 Å². The summed E-state index contributed by atoms with van der Waals surface area (Å²) in [7, 11) is 0. The number of nitrogens with zero attached hydrogens (tertiary/aromatic N) is 2. The van der Waals surface area contributed by atoms with E-state index in [4.69, 9.17) is 18.9 Å². The molecule has 0 bridgehead atoms. The monoisotopic (exact) mass is 426 g/mol. The van der Waals surface area contributed by atoms with Gasteiger partial charge in [0.25, 0.3) is 0 Å². The number of rotatable bonds is 8. The van der Waals surface area contributed by atoms with Gasteiger partial charge in [-0.15, -0.1) is 0 Å². The summed E-state index contributed by atoms with van der Waals surface area (Å²) in [4.78, 5) is 7.38. The SMILES string of the molecule is CC(C)Oc1ccc(NC(=NCC2CN3CCCC3CO2)NCCc2ccco2)cc1. The highest BCUT2D eigenvalue weighted by molar-refractivity contribution is 5.93. The highest BCUT2D eigenvalue weighted by atomic mass is 16.5. The van der Waals surface area contributed by atoms with E-state index in [2.05, 4.69) is 15.5 Å². The molecule has 4 rings (SSSR count). The van der Waals surface area contributed by atoms with Crippen molar-refractivity contribution in [1.29, 1.82) is 0 Å². The molecule has 0 radical (unpaired) electrons. The fourth-order valence-electron chi connectivity index (χ4n) is 4.11. The molecular weight excluding hydrogens is 392 g/mol. The van der Waals surface area contributed by atoms with Crippen molar-refractivity contribution in [3.8, 4) is 5.75 Å². The van der Waals surface area contributed by atoms with Gasteiger partial charge in [-0.05, 0) is 69.6 Å². The Morgan fingerprint density at radius 3 is 2.90 bits per heavy atom. The number of aliphatic imine (C=N–C) groups is 1. The molecule has 7 nitrogen and oxygen atoms in total. The zero-order chi connectivity index (χ0) is 21.5. The number of hydrogen-bond donors (Lipinski definition) is 2. The van der Waals surface area contributed by atoms with Crippen molar-refractivity contribution in [2.24, 2.45) is 4.99 Å². The summed E-state index contributed by atoms with van der Waals surface area (Å²) in [5.74, 6) is 2.56. The quantitative estimate of drug-likeness (QED) is 0.497. The van der Waals surface area contributed by atoms with Crippen LogP contribution in [0.5, 0.6) is 5.75 Å². The average Bonchev–Trinajstić information content (AvgIpc) is 3.44. The number of anilines is 1. The molecular formula is C24H34N4O3. The molecule has 2 aliphatic rings. The summed E-state index contributed by atoms with van der Waals surface area (Å²) in [5, 5.41) is 6.83. The van der Waals surface area contributed by atoms with Gasteiger partial charge in [-0.25, -0.2) is 0 Å². The molecule has 0 amide bonds. The minimum atomic E-state index is 0.139. The third-order valence-corrected chi connectivity index (χ3v) is 5.65. The van der Waals surface area contributed by atoms with E-state index in [0.29, 0.717) is 12.6 Å². The average molecular weight is 427 g/mol. The van der Waals surface area contributed by atoms with Crippen LogP contribution in [0.4, 0.5) is 5.69 Å². The van der Waals surface area contributed by atoms with Crippen molar-refractivity contribution >= 4 is 11.6 Å². The van der Waals surface area contributed by atoms with E-state index >= 15 is 0 Å². The number of fused-ring (bicyclic) bond motifs is 1. The van der Waals surface area contributed by atoms with E-state index < -0.39 is 0 Å². The lowest BCUT2D eigenvalue weighted by molar-refractivity contribution is -0.0431. The lowest BCUT2D eigenvalue weighted by atomic mass is 10.2. The number of furan rings is 1. The van der Waals surface area contributed by atoms with Crippen LogP contribution in [-0.2, 0) is 11.2 Å². The highest BCUT2D eigenvalue weighted by Crippen LogP contribution is 2.22. The van der Waals surface area contributed by atoms with Crippen LogP contribution in [-0.4, -0.2) is 61.9 Å². The molecule has 2 aliphatic heterocycles. The first-order valence-electron chi connectivity index (χ1n) is 11.4. The fourth-order valence-corrected chi connectivity index (χ4v) is 4.11. The minimum Gasteiger partial charge on any atom is -0.491 e. The Morgan fingerprint density at radius 1 is 1.26 bits per heavy atom.